The molecule has 0 aliphatic rings. The van der Waals surface area contributed by atoms with Crippen molar-refractivity contribution in [2.24, 2.45) is 0 Å². The van der Waals surface area contributed by atoms with Crippen molar-refractivity contribution in [2.45, 2.75) is 19.5 Å². The van der Waals surface area contributed by atoms with E-state index in [-0.39, 0.29) is 27.3 Å². The van der Waals surface area contributed by atoms with Crippen LogP contribution in [0.25, 0.3) is 0 Å². The van der Waals surface area contributed by atoms with E-state index in [0.717, 1.165) is 10.6 Å². The van der Waals surface area contributed by atoms with E-state index in [4.69, 9.17) is 46.4 Å². The van der Waals surface area contributed by atoms with Crippen LogP contribution in [0.2, 0.25) is 20.1 Å². The van der Waals surface area contributed by atoms with Gasteiger partial charge in [0, 0.05) is 13.6 Å². The lowest BCUT2D eigenvalue weighted by Gasteiger charge is -2.31. The summed E-state index contributed by atoms with van der Waals surface area (Å²) in [5, 5.41) is 3.24. The monoisotopic (exact) mass is 539 g/mol. The minimum Gasteiger partial charge on any atom is -0.357 e. The van der Waals surface area contributed by atoms with Crippen LogP contribution in [0.5, 0.6) is 0 Å². The molecule has 2 aromatic rings. The van der Waals surface area contributed by atoms with Crippen LogP contribution in [0.4, 0.5) is 5.69 Å². The maximum Gasteiger partial charge on any atom is 0.244 e. The number of rotatable bonds is 8. The fourth-order valence-corrected chi connectivity index (χ4v) is 4.53. The first-order valence-electron chi connectivity index (χ1n) is 9.23. The molecule has 2 amide bonds. The zero-order chi connectivity index (χ0) is 24.2. The molecule has 0 heterocycles. The fraction of sp³-hybridized carbons (Fsp3) is 0.300. The molecular formula is C20H21Cl4N3O4S. The van der Waals surface area contributed by atoms with Gasteiger partial charge >= 0.3 is 0 Å². The predicted octanol–water partition coefficient (Wildman–Crippen LogP) is 4.23. The predicted molar refractivity (Wildman–Crippen MR) is 129 cm³/mol. The Labute approximate surface area is 207 Å². The number of amides is 2. The van der Waals surface area contributed by atoms with Gasteiger partial charge in [-0.3, -0.25) is 13.9 Å². The number of carbonyl (C=O) groups is 2. The first-order valence-corrected chi connectivity index (χ1v) is 12.6. The number of carbonyl (C=O) groups excluding carboxylic acids is 2. The summed E-state index contributed by atoms with van der Waals surface area (Å²) in [7, 11) is -2.48. The molecule has 2 aromatic carbocycles. The van der Waals surface area contributed by atoms with E-state index in [9.17, 15) is 18.0 Å². The summed E-state index contributed by atoms with van der Waals surface area (Å²) in [6.45, 7) is 0.929. The summed E-state index contributed by atoms with van der Waals surface area (Å²) in [6.07, 6.45) is 0.947. The van der Waals surface area contributed by atoms with Gasteiger partial charge in [0.25, 0.3) is 0 Å². The van der Waals surface area contributed by atoms with E-state index in [1.807, 2.05) is 0 Å². The summed E-state index contributed by atoms with van der Waals surface area (Å²) >= 11 is 24.3. The summed E-state index contributed by atoms with van der Waals surface area (Å²) in [5.74, 6) is -1.06. The Morgan fingerprint density at radius 1 is 1.03 bits per heavy atom. The van der Waals surface area contributed by atoms with Crippen molar-refractivity contribution in [3.05, 3.63) is 62.1 Å². The molecule has 0 saturated heterocycles. The topological polar surface area (TPSA) is 86.8 Å². The highest BCUT2D eigenvalue weighted by atomic mass is 35.5. The van der Waals surface area contributed by atoms with Gasteiger partial charge in [0.2, 0.25) is 21.8 Å². The second-order valence-electron chi connectivity index (χ2n) is 6.90. The average Bonchev–Trinajstić information content (AvgIpc) is 2.73. The van der Waals surface area contributed by atoms with Crippen molar-refractivity contribution in [2.75, 3.05) is 24.2 Å². The zero-order valence-electron chi connectivity index (χ0n) is 17.4. The molecule has 0 saturated carbocycles. The fourth-order valence-electron chi connectivity index (χ4n) is 2.91. The van der Waals surface area contributed by atoms with Crippen molar-refractivity contribution in [1.82, 2.24) is 10.2 Å². The second kappa shape index (κ2) is 10.9. The Morgan fingerprint density at radius 2 is 1.69 bits per heavy atom. The summed E-state index contributed by atoms with van der Waals surface area (Å²) in [5.41, 5.74) is 0.660. The molecule has 0 aliphatic carbocycles. The largest absolute Gasteiger partial charge is 0.357 e. The van der Waals surface area contributed by atoms with E-state index < -0.39 is 34.4 Å². The number of sulfonamides is 1. The van der Waals surface area contributed by atoms with Crippen LogP contribution in [0.1, 0.15) is 12.5 Å². The second-order valence-corrected chi connectivity index (χ2v) is 10.4. The highest BCUT2D eigenvalue weighted by molar-refractivity contribution is 7.92. The molecule has 0 aromatic heterocycles. The van der Waals surface area contributed by atoms with Gasteiger partial charge in [-0.2, -0.15) is 0 Å². The molecule has 7 nitrogen and oxygen atoms in total. The van der Waals surface area contributed by atoms with Gasteiger partial charge in [0.1, 0.15) is 12.6 Å². The van der Waals surface area contributed by atoms with E-state index in [1.54, 1.807) is 18.2 Å². The average molecular weight is 541 g/mol. The number of hydrogen-bond acceptors (Lipinski definition) is 4. The van der Waals surface area contributed by atoms with Gasteiger partial charge in [-0.15, -0.1) is 0 Å². The maximum atomic E-state index is 13.3. The molecule has 0 fully saturated rings. The Kier molecular flexibility index (Phi) is 9.07. The smallest absolute Gasteiger partial charge is 0.244 e. The molecule has 12 heteroatoms. The zero-order valence-corrected chi connectivity index (χ0v) is 21.2. The first kappa shape index (κ1) is 26.5. The Morgan fingerprint density at radius 3 is 2.25 bits per heavy atom. The Bertz CT molecular complexity index is 1130. The van der Waals surface area contributed by atoms with Crippen LogP contribution in [0, 0.1) is 0 Å². The molecule has 0 spiro atoms. The number of nitrogens with zero attached hydrogens (tertiary/aromatic N) is 2. The SMILES string of the molecule is CNC(=O)[C@@H](C)N(Cc1ccc(Cl)c(Cl)c1)C(=O)CN(c1cccc(Cl)c1Cl)S(C)(=O)=O. The third-order valence-corrected chi connectivity index (χ3v) is 7.30. The lowest BCUT2D eigenvalue weighted by molar-refractivity contribution is -0.139. The van der Waals surface area contributed by atoms with Crippen molar-refractivity contribution >= 4 is 73.9 Å². The van der Waals surface area contributed by atoms with Crippen LogP contribution >= 0.6 is 46.4 Å². The third-order valence-electron chi connectivity index (χ3n) is 4.63. The van der Waals surface area contributed by atoms with Gasteiger partial charge < -0.3 is 10.2 Å². The van der Waals surface area contributed by atoms with Crippen molar-refractivity contribution in [1.29, 1.82) is 0 Å². The minimum atomic E-state index is -3.92. The highest BCUT2D eigenvalue weighted by Gasteiger charge is 2.30. The van der Waals surface area contributed by atoms with Gasteiger partial charge in [0.05, 0.1) is 32.0 Å². The molecule has 2 rings (SSSR count). The van der Waals surface area contributed by atoms with Crippen LogP contribution < -0.4 is 9.62 Å². The molecule has 0 bridgehead atoms. The maximum absolute atomic E-state index is 13.3. The number of likely N-dealkylation sites (N-methyl/N-ethyl adjacent to an activating group) is 1. The van der Waals surface area contributed by atoms with Crippen molar-refractivity contribution in [3.63, 3.8) is 0 Å². The van der Waals surface area contributed by atoms with E-state index in [1.165, 1.54) is 37.1 Å². The van der Waals surface area contributed by atoms with Crippen LogP contribution in [-0.4, -0.2) is 51.0 Å². The molecule has 1 atom stereocenters. The molecule has 174 valence electrons. The quantitative estimate of drug-likeness (QED) is 0.542. The summed E-state index contributed by atoms with van der Waals surface area (Å²) in [4.78, 5) is 26.8. The third kappa shape index (κ3) is 6.42. The van der Waals surface area contributed by atoms with Gasteiger partial charge in [-0.1, -0.05) is 58.5 Å². The van der Waals surface area contributed by atoms with E-state index >= 15 is 0 Å². The lowest BCUT2D eigenvalue weighted by atomic mass is 10.1. The summed E-state index contributed by atoms with van der Waals surface area (Å²) in [6, 6.07) is 8.36. The van der Waals surface area contributed by atoms with Crippen LogP contribution in [0.15, 0.2) is 36.4 Å². The molecule has 0 aliphatic heterocycles. The lowest BCUT2D eigenvalue weighted by Crippen LogP contribution is -2.50. The van der Waals surface area contributed by atoms with E-state index in [2.05, 4.69) is 5.32 Å². The van der Waals surface area contributed by atoms with Crippen molar-refractivity contribution in [3.8, 4) is 0 Å². The number of hydrogen-bond donors (Lipinski definition) is 1. The number of benzene rings is 2. The number of halogens is 4. The molecule has 0 radical (unpaired) electrons. The van der Waals surface area contributed by atoms with Crippen LogP contribution in [-0.2, 0) is 26.2 Å². The Balaban J connectivity index is 2.45. The number of anilines is 1. The standard InChI is InChI=1S/C20H21Cl4N3O4S/c1-12(20(29)25-2)26(10-13-7-8-14(21)16(23)9-13)18(28)11-27(32(3,30)31)17-6-4-5-15(22)19(17)24/h4-9,12H,10-11H2,1-3H3,(H,25,29)/t12-/m1/s1. The first-order chi connectivity index (χ1) is 14.9. The number of nitrogens with one attached hydrogen (secondary N) is 1. The normalized spacial score (nSPS) is 12.2. The van der Waals surface area contributed by atoms with Gasteiger partial charge in [0.15, 0.2) is 0 Å². The van der Waals surface area contributed by atoms with E-state index in [0.29, 0.717) is 10.6 Å². The van der Waals surface area contributed by atoms with Crippen LogP contribution in [0.3, 0.4) is 0 Å². The molecule has 1 N–H and O–H groups in total. The molecular weight excluding hydrogens is 520 g/mol. The Hall–Kier alpha value is -1.71. The van der Waals surface area contributed by atoms with Gasteiger partial charge in [-0.05, 0) is 36.8 Å². The highest BCUT2D eigenvalue weighted by Crippen LogP contribution is 2.34. The van der Waals surface area contributed by atoms with Crippen molar-refractivity contribution < 1.29 is 18.0 Å². The summed E-state index contributed by atoms with van der Waals surface area (Å²) < 4.78 is 25.8. The van der Waals surface area contributed by atoms with Gasteiger partial charge in [-0.25, -0.2) is 8.42 Å². The molecule has 32 heavy (non-hydrogen) atoms. The minimum absolute atomic E-state index is 0.00874. The molecule has 0 unspecified atom stereocenters.